The molecule has 5 nitrogen and oxygen atoms in total. The van der Waals surface area contributed by atoms with Gasteiger partial charge in [-0.05, 0) is 47.2 Å². The Hall–Kier alpha value is -3.08. The van der Waals surface area contributed by atoms with Gasteiger partial charge in [-0.1, -0.05) is 52.0 Å². The van der Waals surface area contributed by atoms with Crippen molar-refractivity contribution >= 4 is 17.4 Å². The van der Waals surface area contributed by atoms with E-state index in [0.29, 0.717) is 17.9 Å². The van der Waals surface area contributed by atoms with E-state index >= 15 is 0 Å². The smallest absolute Gasteiger partial charge is 0.293 e. The summed E-state index contributed by atoms with van der Waals surface area (Å²) in [7, 11) is 0. The lowest BCUT2D eigenvalue weighted by molar-refractivity contribution is -0.133. The maximum Gasteiger partial charge on any atom is 0.293 e. The molecule has 5 heteroatoms. The number of Topliss-reactive ketones (excluding diaryl/α,β-unsaturated/α-hetero) is 1. The topological polar surface area (TPSA) is 75.6 Å². The van der Waals surface area contributed by atoms with Gasteiger partial charge in [0.1, 0.15) is 11.5 Å². The van der Waals surface area contributed by atoms with Crippen molar-refractivity contribution in [3.05, 3.63) is 70.8 Å². The maximum absolute atomic E-state index is 12.5. The Balaban J connectivity index is 1.96. The van der Waals surface area contributed by atoms with Gasteiger partial charge in [0.2, 0.25) is 0 Å². The molecule has 3 rings (SSSR count). The van der Waals surface area contributed by atoms with Gasteiger partial charge in [0.05, 0.1) is 18.2 Å². The van der Waals surface area contributed by atoms with Crippen molar-refractivity contribution in [3.63, 3.8) is 0 Å². The van der Waals surface area contributed by atoms with Crippen molar-refractivity contribution in [2.45, 2.75) is 45.6 Å². The van der Waals surface area contributed by atoms with Crippen molar-refractivity contribution in [1.29, 1.82) is 0 Å². The van der Waals surface area contributed by atoms with Crippen LogP contribution in [-0.4, -0.2) is 23.4 Å². The van der Waals surface area contributed by atoms with E-state index in [9.17, 15) is 14.7 Å². The molecule has 1 fully saturated rings. The van der Waals surface area contributed by atoms with Gasteiger partial charge in [-0.15, -0.1) is 0 Å². The van der Waals surface area contributed by atoms with Crippen LogP contribution in [0, 0.1) is 0 Å². The number of ether oxygens (including phenoxy) is 1. The Bertz CT molecular complexity index is 934. The molecule has 0 aromatic heterocycles. The molecular weight excluding hydrogens is 366 g/mol. The van der Waals surface area contributed by atoms with E-state index in [4.69, 9.17) is 4.74 Å². The number of aliphatic hydroxyl groups excluding tert-OH is 1. The third-order valence-corrected chi connectivity index (χ3v) is 4.98. The Kier molecular flexibility index (Phi) is 5.78. The summed E-state index contributed by atoms with van der Waals surface area (Å²) < 4.78 is 5.55. The number of amides is 1. The van der Waals surface area contributed by atoms with Crippen molar-refractivity contribution < 1.29 is 19.4 Å². The summed E-state index contributed by atoms with van der Waals surface area (Å²) in [6.45, 7) is 8.99. The fraction of sp³-hybridized carbons (Fsp3) is 0.333. The van der Waals surface area contributed by atoms with Crippen molar-refractivity contribution in [2.75, 3.05) is 6.61 Å². The Morgan fingerprint density at radius 1 is 1.03 bits per heavy atom. The summed E-state index contributed by atoms with van der Waals surface area (Å²) >= 11 is 0. The quantitative estimate of drug-likeness (QED) is 0.446. The fourth-order valence-corrected chi connectivity index (χ4v) is 3.28. The molecule has 1 aliphatic rings. The van der Waals surface area contributed by atoms with Gasteiger partial charge >= 0.3 is 0 Å². The zero-order valence-electron chi connectivity index (χ0n) is 17.3. The van der Waals surface area contributed by atoms with Crippen LogP contribution in [0.2, 0.25) is 0 Å². The molecule has 152 valence electrons. The van der Waals surface area contributed by atoms with Gasteiger partial charge in [-0.3, -0.25) is 9.59 Å². The molecule has 0 bridgehead atoms. The number of carbonyl (C=O) groups excluding carboxylic acids is 2. The van der Waals surface area contributed by atoms with E-state index in [1.807, 2.05) is 31.2 Å². The largest absolute Gasteiger partial charge is 0.507 e. The average Bonchev–Trinajstić information content (AvgIpc) is 3.00. The van der Waals surface area contributed by atoms with Crippen LogP contribution in [0.5, 0.6) is 5.75 Å². The first-order chi connectivity index (χ1) is 13.7. The first-order valence-corrected chi connectivity index (χ1v) is 9.84. The second kappa shape index (κ2) is 8.11. The normalized spacial score (nSPS) is 18.6. The summed E-state index contributed by atoms with van der Waals surface area (Å²) in [4.78, 5) is 24.6. The van der Waals surface area contributed by atoms with Crippen LogP contribution in [0.4, 0.5) is 0 Å². The number of benzene rings is 2. The van der Waals surface area contributed by atoms with Gasteiger partial charge in [-0.2, -0.15) is 0 Å². The molecule has 1 atom stereocenters. The highest BCUT2D eigenvalue weighted by atomic mass is 16.5. The Morgan fingerprint density at radius 2 is 1.66 bits per heavy atom. The van der Waals surface area contributed by atoms with E-state index in [2.05, 4.69) is 26.1 Å². The van der Waals surface area contributed by atoms with Gasteiger partial charge in [0, 0.05) is 5.56 Å². The molecule has 29 heavy (non-hydrogen) atoms. The standard InChI is InChI=1S/C24H27NO4/c1-5-14-29-18-12-8-16(9-13-18)21(26)19-20(25-23(28)22(19)27)15-6-10-17(11-7-15)24(2,3)4/h6-13,20,26H,5,14H2,1-4H3,(H,25,28)/b21-19-. The third kappa shape index (κ3) is 4.34. The second-order valence-electron chi connectivity index (χ2n) is 8.24. The van der Waals surface area contributed by atoms with Crippen molar-refractivity contribution in [1.82, 2.24) is 5.32 Å². The highest BCUT2D eigenvalue weighted by Crippen LogP contribution is 2.34. The lowest BCUT2D eigenvalue weighted by atomic mass is 9.85. The predicted molar refractivity (Wildman–Crippen MR) is 113 cm³/mol. The number of aliphatic hydroxyl groups is 1. The zero-order valence-corrected chi connectivity index (χ0v) is 17.3. The van der Waals surface area contributed by atoms with E-state index in [-0.39, 0.29) is 16.7 Å². The fourth-order valence-electron chi connectivity index (χ4n) is 3.28. The number of nitrogens with one attached hydrogen (secondary N) is 1. The third-order valence-electron chi connectivity index (χ3n) is 4.98. The van der Waals surface area contributed by atoms with E-state index in [0.717, 1.165) is 17.5 Å². The van der Waals surface area contributed by atoms with E-state index < -0.39 is 17.7 Å². The number of carbonyl (C=O) groups is 2. The molecule has 0 spiro atoms. The van der Waals surface area contributed by atoms with Crippen LogP contribution in [0.15, 0.2) is 54.1 Å². The molecule has 0 radical (unpaired) electrons. The highest BCUT2D eigenvalue weighted by molar-refractivity contribution is 6.46. The first kappa shape index (κ1) is 20.6. The first-order valence-electron chi connectivity index (χ1n) is 9.84. The minimum atomic E-state index is -0.710. The van der Waals surface area contributed by atoms with Gasteiger partial charge < -0.3 is 15.2 Å². The van der Waals surface area contributed by atoms with E-state index in [1.165, 1.54) is 0 Å². The summed E-state index contributed by atoms with van der Waals surface area (Å²) in [6, 6.07) is 13.9. The van der Waals surface area contributed by atoms with Crippen LogP contribution >= 0.6 is 0 Å². The molecule has 2 aromatic carbocycles. The van der Waals surface area contributed by atoms with Crippen LogP contribution in [0.1, 0.15) is 56.8 Å². The SMILES string of the molecule is CCCOc1ccc(/C(O)=C2/C(=O)C(=O)NC2c2ccc(C(C)(C)C)cc2)cc1. The summed E-state index contributed by atoms with van der Waals surface area (Å²) in [5.41, 5.74) is 2.43. The van der Waals surface area contributed by atoms with Gasteiger partial charge in [-0.25, -0.2) is 0 Å². The van der Waals surface area contributed by atoms with Crippen LogP contribution in [0.25, 0.3) is 5.76 Å². The van der Waals surface area contributed by atoms with Crippen molar-refractivity contribution in [3.8, 4) is 5.75 Å². The lowest BCUT2D eigenvalue weighted by Crippen LogP contribution is -2.21. The summed E-state index contributed by atoms with van der Waals surface area (Å²) in [5, 5.41) is 13.5. The molecule has 1 unspecified atom stereocenters. The number of rotatable bonds is 5. The van der Waals surface area contributed by atoms with Crippen LogP contribution in [0.3, 0.4) is 0 Å². The lowest BCUT2D eigenvalue weighted by Gasteiger charge is -2.20. The maximum atomic E-state index is 12.5. The van der Waals surface area contributed by atoms with Crippen molar-refractivity contribution in [2.24, 2.45) is 0 Å². The monoisotopic (exact) mass is 393 g/mol. The summed E-state index contributed by atoms with van der Waals surface area (Å²) in [5.74, 6) is -0.923. The molecule has 1 aliphatic heterocycles. The summed E-state index contributed by atoms with van der Waals surface area (Å²) in [6.07, 6.45) is 0.898. The van der Waals surface area contributed by atoms with Gasteiger partial charge in [0.15, 0.2) is 0 Å². The molecule has 2 N–H and O–H groups in total. The molecule has 1 saturated heterocycles. The number of ketones is 1. The van der Waals surface area contributed by atoms with E-state index in [1.54, 1.807) is 24.3 Å². The second-order valence-corrected chi connectivity index (χ2v) is 8.24. The molecular formula is C24H27NO4. The molecule has 1 heterocycles. The minimum Gasteiger partial charge on any atom is -0.507 e. The Morgan fingerprint density at radius 3 is 2.21 bits per heavy atom. The van der Waals surface area contributed by atoms with Crippen LogP contribution in [-0.2, 0) is 15.0 Å². The zero-order chi connectivity index (χ0) is 21.2. The molecule has 0 aliphatic carbocycles. The predicted octanol–water partition coefficient (Wildman–Crippen LogP) is 4.48. The molecule has 0 saturated carbocycles. The minimum absolute atomic E-state index is 0.00429. The average molecular weight is 393 g/mol. The Labute approximate surface area is 171 Å². The number of hydrogen-bond donors (Lipinski definition) is 2. The van der Waals surface area contributed by atoms with Gasteiger partial charge in [0.25, 0.3) is 11.7 Å². The highest BCUT2D eigenvalue weighted by Gasteiger charge is 2.39. The number of hydrogen-bond acceptors (Lipinski definition) is 4. The molecule has 1 amide bonds. The molecule has 2 aromatic rings. The van der Waals surface area contributed by atoms with Crippen LogP contribution < -0.4 is 10.1 Å².